The third kappa shape index (κ3) is 7.34. The lowest BCUT2D eigenvalue weighted by atomic mass is 10.1. The highest BCUT2D eigenvalue weighted by atomic mass is 32.2. The Morgan fingerprint density at radius 3 is 2.37 bits per heavy atom. The summed E-state index contributed by atoms with van der Waals surface area (Å²) in [5.41, 5.74) is 6.04. The first kappa shape index (κ1) is 26.7. The fourth-order valence-corrected chi connectivity index (χ4v) is 4.26. The van der Waals surface area contributed by atoms with E-state index in [1.165, 1.54) is 31.3 Å². The van der Waals surface area contributed by atoms with Gasteiger partial charge < -0.3 is 10.6 Å². The molecular formula is C27H28FN7O2S. The molecule has 0 aliphatic rings. The summed E-state index contributed by atoms with van der Waals surface area (Å²) in [6.07, 6.45) is 0.614. The summed E-state index contributed by atoms with van der Waals surface area (Å²) < 4.78 is 39.7. The molecule has 0 radical (unpaired) electrons. The van der Waals surface area contributed by atoms with Crippen LogP contribution in [0.25, 0.3) is 0 Å². The molecule has 4 aromatic rings. The van der Waals surface area contributed by atoms with Crippen LogP contribution in [0.1, 0.15) is 18.1 Å². The van der Waals surface area contributed by atoms with Crippen molar-refractivity contribution in [2.24, 2.45) is 5.10 Å². The summed E-state index contributed by atoms with van der Waals surface area (Å²) in [5.74, 6) is 1.10. The van der Waals surface area contributed by atoms with E-state index in [1.54, 1.807) is 31.2 Å². The highest BCUT2D eigenvalue weighted by Gasteiger charge is 2.11. The Morgan fingerprint density at radius 1 is 0.921 bits per heavy atom. The van der Waals surface area contributed by atoms with E-state index in [9.17, 15) is 12.8 Å². The Balaban J connectivity index is 1.51. The lowest BCUT2D eigenvalue weighted by Crippen LogP contribution is -2.18. The molecule has 0 saturated heterocycles. The SMILES string of the molecule is CNS(=O)(=O)c1ccc(C(C)=NNc2cc(NCCc3cccc(F)c3)nc(Nc3ccccc3)n2)cc1. The van der Waals surface area contributed by atoms with Crippen molar-refractivity contribution in [1.82, 2.24) is 14.7 Å². The fraction of sp³-hybridized carbons (Fsp3) is 0.148. The summed E-state index contributed by atoms with van der Waals surface area (Å²) in [7, 11) is -2.15. The summed E-state index contributed by atoms with van der Waals surface area (Å²) in [5, 5.41) is 10.9. The molecule has 3 aromatic carbocycles. The van der Waals surface area contributed by atoms with Gasteiger partial charge in [-0.2, -0.15) is 15.1 Å². The monoisotopic (exact) mass is 533 g/mol. The molecule has 0 spiro atoms. The van der Waals surface area contributed by atoms with Gasteiger partial charge in [-0.15, -0.1) is 0 Å². The van der Waals surface area contributed by atoms with E-state index in [4.69, 9.17) is 0 Å². The number of para-hydroxylation sites is 1. The van der Waals surface area contributed by atoms with E-state index in [2.05, 4.69) is 35.9 Å². The highest BCUT2D eigenvalue weighted by molar-refractivity contribution is 7.89. The number of halogens is 1. The zero-order valence-electron chi connectivity index (χ0n) is 20.9. The maximum Gasteiger partial charge on any atom is 0.240 e. The fourth-order valence-electron chi connectivity index (χ4n) is 3.53. The molecule has 196 valence electrons. The van der Waals surface area contributed by atoms with E-state index in [0.717, 1.165) is 16.8 Å². The average Bonchev–Trinajstić information content (AvgIpc) is 2.92. The van der Waals surface area contributed by atoms with Gasteiger partial charge in [0.05, 0.1) is 10.6 Å². The van der Waals surface area contributed by atoms with Gasteiger partial charge in [0.2, 0.25) is 16.0 Å². The summed E-state index contributed by atoms with van der Waals surface area (Å²) in [6, 6.07) is 24.2. The van der Waals surface area contributed by atoms with Gasteiger partial charge in [0.15, 0.2) is 5.82 Å². The van der Waals surface area contributed by atoms with Crippen molar-refractivity contribution in [1.29, 1.82) is 0 Å². The lowest BCUT2D eigenvalue weighted by Gasteiger charge is -2.12. The van der Waals surface area contributed by atoms with Crippen LogP contribution in [0.2, 0.25) is 0 Å². The predicted octanol–water partition coefficient (Wildman–Crippen LogP) is 4.76. The second kappa shape index (κ2) is 12.3. The molecule has 0 aliphatic carbocycles. The van der Waals surface area contributed by atoms with Crippen molar-refractivity contribution >= 4 is 39.0 Å². The van der Waals surface area contributed by atoms with Gasteiger partial charge in [0.1, 0.15) is 11.6 Å². The maximum atomic E-state index is 13.5. The van der Waals surface area contributed by atoms with Crippen LogP contribution >= 0.6 is 0 Å². The Morgan fingerprint density at radius 2 is 1.66 bits per heavy atom. The van der Waals surface area contributed by atoms with Crippen LogP contribution in [0.5, 0.6) is 0 Å². The van der Waals surface area contributed by atoms with E-state index >= 15 is 0 Å². The smallest absolute Gasteiger partial charge is 0.240 e. The van der Waals surface area contributed by atoms with E-state index in [0.29, 0.717) is 36.3 Å². The minimum Gasteiger partial charge on any atom is -0.370 e. The molecule has 38 heavy (non-hydrogen) atoms. The zero-order valence-corrected chi connectivity index (χ0v) is 21.8. The highest BCUT2D eigenvalue weighted by Crippen LogP contribution is 2.19. The van der Waals surface area contributed by atoms with Crippen LogP contribution in [0.15, 0.2) is 94.9 Å². The third-order valence-electron chi connectivity index (χ3n) is 5.55. The number of nitrogens with zero attached hydrogens (tertiary/aromatic N) is 3. The number of benzene rings is 3. The number of aromatic nitrogens is 2. The first-order valence-corrected chi connectivity index (χ1v) is 13.3. The van der Waals surface area contributed by atoms with Crippen LogP contribution in [0, 0.1) is 5.82 Å². The van der Waals surface area contributed by atoms with Crippen LogP contribution in [0.4, 0.5) is 27.7 Å². The maximum absolute atomic E-state index is 13.5. The Bertz CT molecular complexity index is 1510. The molecule has 0 saturated carbocycles. The van der Waals surface area contributed by atoms with Crippen LogP contribution in [-0.4, -0.2) is 37.7 Å². The minimum absolute atomic E-state index is 0.172. The molecule has 0 aliphatic heterocycles. The molecule has 4 N–H and O–H groups in total. The van der Waals surface area contributed by atoms with E-state index in [1.807, 2.05) is 36.4 Å². The minimum atomic E-state index is -3.51. The van der Waals surface area contributed by atoms with Gasteiger partial charge in [0, 0.05) is 18.3 Å². The average molecular weight is 534 g/mol. The van der Waals surface area contributed by atoms with Crippen LogP contribution < -0.4 is 20.8 Å². The number of sulfonamides is 1. The normalized spacial score (nSPS) is 11.7. The summed E-state index contributed by atoms with van der Waals surface area (Å²) >= 11 is 0. The second-order valence-corrected chi connectivity index (χ2v) is 10.2. The molecule has 11 heteroatoms. The van der Waals surface area contributed by atoms with Gasteiger partial charge in [-0.05, 0) is 67.9 Å². The molecule has 1 heterocycles. The number of hydrazone groups is 1. The number of anilines is 4. The number of nitrogens with one attached hydrogen (secondary N) is 4. The Hall–Kier alpha value is -4.35. The summed E-state index contributed by atoms with van der Waals surface area (Å²) in [4.78, 5) is 9.23. The molecular weight excluding hydrogens is 505 g/mol. The van der Waals surface area contributed by atoms with Gasteiger partial charge in [-0.3, -0.25) is 5.43 Å². The van der Waals surface area contributed by atoms with Gasteiger partial charge in [0.25, 0.3) is 0 Å². The van der Waals surface area contributed by atoms with Crippen molar-refractivity contribution in [2.45, 2.75) is 18.2 Å². The first-order valence-electron chi connectivity index (χ1n) is 11.9. The topological polar surface area (TPSA) is 120 Å². The third-order valence-corrected chi connectivity index (χ3v) is 6.98. The molecule has 9 nitrogen and oxygen atoms in total. The Labute approximate surface area is 221 Å². The molecule has 0 atom stereocenters. The number of hydrogen-bond acceptors (Lipinski definition) is 8. The van der Waals surface area contributed by atoms with Crippen molar-refractivity contribution in [3.05, 3.63) is 102 Å². The first-order chi connectivity index (χ1) is 18.3. The standard InChI is InChI=1S/C27H28FN7O2S/c1-19(21-11-13-24(14-12-21)38(36,37)29-2)34-35-26-18-25(30-16-15-20-7-6-8-22(28)17-20)32-27(33-26)31-23-9-4-3-5-10-23/h3-14,17-18,29H,15-16H2,1-2H3,(H3,30,31,32,33,35). The largest absolute Gasteiger partial charge is 0.370 e. The van der Waals surface area contributed by atoms with Crippen molar-refractivity contribution in [2.75, 3.05) is 29.7 Å². The van der Waals surface area contributed by atoms with Gasteiger partial charge >= 0.3 is 0 Å². The van der Waals surface area contributed by atoms with Crippen LogP contribution in [-0.2, 0) is 16.4 Å². The quantitative estimate of drug-likeness (QED) is 0.162. The summed E-state index contributed by atoms with van der Waals surface area (Å²) in [6.45, 7) is 2.34. The molecule has 0 fully saturated rings. The van der Waals surface area contributed by atoms with Crippen LogP contribution in [0.3, 0.4) is 0 Å². The molecule has 0 unspecified atom stereocenters. The molecule has 4 rings (SSSR count). The van der Waals surface area contributed by atoms with Crippen molar-refractivity contribution in [3.63, 3.8) is 0 Å². The number of hydrogen-bond donors (Lipinski definition) is 4. The predicted molar refractivity (Wildman–Crippen MR) is 149 cm³/mol. The number of rotatable bonds is 11. The molecule has 0 bridgehead atoms. The lowest BCUT2D eigenvalue weighted by molar-refractivity contribution is 0.588. The van der Waals surface area contributed by atoms with Crippen molar-refractivity contribution < 1.29 is 12.8 Å². The zero-order chi connectivity index (χ0) is 27.0. The van der Waals surface area contributed by atoms with Crippen molar-refractivity contribution in [3.8, 4) is 0 Å². The molecule has 0 amide bonds. The Kier molecular flexibility index (Phi) is 8.62. The van der Waals surface area contributed by atoms with E-state index < -0.39 is 10.0 Å². The van der Waals surface area contributed by atoms with E-state index in [-0.39, 0.29) is 10.7 Å². The van der Waals surface area contributed by atoms with Gasteiger partial charge in [-0.25, -0.2) is 17.5 Å². The second-order valence-electron chi connectivity index (χ2n) is 8.30. The molecule has 1 aromatic heterocycles. The van der Waals surface area contributed by atoms with Gasteiger partial charge in [-0.1, -0.05) is 42.5 Å².